The van der Waals surface area contributed by atoms with Gasteiger partial charge in [0.15, 0.2) is 11.5 Å². The molecule has 1 aromatic carbocycles. The van der Waals surface area contributed by atoms with E-state index < -0.39 is 6.10 Å². The highest BCUT2D eigenvalue weighted by atomic mass is 16.7. The van der Waals surface area contributed by atoms with E-state index in [1.54, 1.807) is 7.11 Å². The van der Waals surface area contributed by atoms with Crippen LogP contribution in [0.2, 0.25) is 0 Å². The minimum atomic E-state index is -0.558. The summed E-state index contributed by atoms with van der Waals surface area (Å²) >= 11 is 0. The Morgan fingerprint density at radius 2 is 2.14 bits per heavy atom. The van der Waals surface area contributed by atoms with Crippen molar-refractivity contribution in [2.45, 2.75) is 38.5 Å². The van der Waals surface area contributed by atoms with Gasteiger partial charge in [0.2, 0.25) is 6.79 Å². The Morgan fingerprint density at radius 1 is 1.38 bits per heavy atom. The van der Waals surface area contributed by atoms with Crippen LogP contribution in [0.4, 0.5) is 0 Å². The van der Waals surface area contributed by atoms with E-state index in [2.05, 4.69) is 19.2 Å². The molecular weight excluding hydrogens is 270 g/mol. The van der Waals surface area contributed by atoms with Gasteiger partial charge in [0.05, 0.1) is 12.2 Å². The van der Waals surface area contributed by atoms with Crippen LogP contribution in [-0.4, -0.2) is 37.7 Å². The van der Waals surface area contributed by atoms with Gasteiger partial charge in [-0.3, -0.25) is 0 Å². The number of aliphatic hydroxyl groups is 1. The molecule has 116 valence electrons. The van der Waals surface area contributed by atoms with Crippen LogP contribution in [0.1, 0.15) is 31.9 Å². The van der Waals surface area contributed by atoms with Crippen LogP contribution in [0.25, 0.3) is 0 Å². The van der Waals surface area contributed by atoms with Gasteiger partial charge >= 0.3 is 0 Å². The predicted octanol–water partition coefficient (Wildman–Crippen LogP) is 1.85. The number of benzene rings is 1. The zero-order valence-electron chi connectivity index (χ0n) is 12.8. The summed E-state index contributed by atoms with van der Waals surface area (Å²) in [6.45, 7) is 5.15. The number of hydrogen-bond donors (Lipinski definition) is 2. The van der Waals surface area contributed by atoms with Crippen molar-refractivity contribution in [3.63, 3.8) is 0 Å². The molecule has 1 fully saturated rings. The van der Waals surface area contributed by atoms with Crippen LogP contribution < -0.4 is 14.8 Å². The molecule has 3 rings (SSSR count). The molecule has 0 radical (unpaired) electrons. The molecular formula is C16H23NO4. The van der Waals surface area contributed by atoms with E-state index in [0.717, 1.165) is 17.7 Å². The van der Waals surface area contributed by atoms with E-state index in [-0.39, 0.29) is 18.3 Å². The van der Waals surface area contributed by atoms with Gasteiger partial charge in [-0.25, -0.2) is 0 Å². The molecule has 0 amide bonds. The second-order valence-electron chi connectivity index (χ2n) is 6.37. The molecule has 5 heteroatoms. The average molecular weight is 293 g/mol. The van der Waals surface area contributed by atoms with Gasteiger partial charge in [-0.1, -0.05) is 19.9 Å². The molecule has 0 aromatic heterocycles. The van der Waals surface area contributed by atoms with Crippen LogP contribution in [0, 0.1) is 5.41 Å². The summed E-state index contributed by atoms with van der Waals surface area (Å²) in [5, 5.41) is 13.8. The maximum absolute atomic E-state index is 10.3. The molecule has 0 spiro atoms. The number of fused-ring (bicyclic) bond motifs is 1. The lowest BCUT2D eigenvalue weighted by Crippen LogP contribution is -2.61. The van der Waals surface area contributed by atoms with E-state index in [1.807, 2.05) is 18.2 Å². The second-order valence-corrected chi connectivity index (χ2v) is 6.37. The smallest absolute Gasteiger partial charge is 0.231 e. The molecule has 3 atom stereocenters. The lowest BCUT2D eigenvalue weighted by Gasteiger charge is -2.51. The van der Waals surface area contributed by atoms with Gasteiger partial charge in [-0.05, 0) is 24.1 Å². The fraction of sp³-hybridized carbons (Fsp3) is 0.625. The lowest BCUT2D eigenvalue weighted by atomic mass is 9.64. The highest BCUT2D eigenvalue weighted by Gasteiger charge is 2.48. The van der Waals surface area contributed by atoms with Crippen molar-refractivity contribution in [2.75, 3.05) is 20.4 Å². The summed E-state index contributed by atoms with van der Waals surface area (Å²) in [6.07, 6.45) is 0.715. The first-order valence-corrected chi connectivity index (χ1v) is 7.36. The largest absolute Gasteiger partial charge is 0.454 e. The normalized spacial score (nSPS) is 27.2. The quantitative estimate of drug-likeness (QED) is 0.867. The molecule has 21 heavy (non-hydrogen) atoms. The van der Waals surface area contributed by atoms with E-state index in [0.29, 0.717) is 18.3 Å². The summed E-state index contributed by atoms with van der Waals surface area (Å²) in [7, 11) is 1.75. The van der Waals surface area contributed by atoms with E-state index in [1.165, 1.54) is 0 Å². The van der Waals surface area contributed by atoms with E-state index in [9.17, 15) is 5.11 Å². The Labute approximate surface area is 125 Å². The lowest BCUT2D eigenvalue weighted by molar-refractivity contribution is -0.0992. The van der Waals surface area contributed by atoms with Crippen LogP contribution in [0.3, 0.4) is 0 Å². The first kappa shape index (κ1) is 14.6. The van der Waals surface area contributed by atoms with Crippen molar-refractivity contribution in [2.24, 2.45) is 5.41 Å². The fourth-order valence-corrected chi connectivity index (χ4v) is 3.12. The minimum absolute atomic E-state index is 0.101. The molecule has 5 nitrogen and oxygen atoms in total. The van der Waals surface area contributed by atoms with Crippen molar-refractivity contribution < 1.29 is 19.3 Å². The van der Waals surface area contributed by atoms with Crippen LogP contribution in [-0.2, 0) is 4.74 Å². The topological polar surface area (TPSA) is 60.0 Å². The number of rotatable bonds is 5. The third-order valence-corrected chi connectivity index (χ3v) is 4.80. The highest BCUT2D eigenvalue weighted by Crippen LogP contribution is 2.42. The van der Waals surface area contributed by atoms with Gasteiger partial charge in [0.25, 0.3) is 0 Å². The molecule has 1 aliphatic heterocycles. The van der Waals surface area contributed by atoms with Gasteiger partial charge in [0.1, 0.15) is 0 Å². The molecule has 3 unspecified atom stereocenters. The maximum Gasteiger partial charge on any atom is 0.231 e. The van der Waals surface area contributed by atoms with Gasteiger partial charge < -0.3 is 24.6 Å². The number of aliphatic hydroxyl groups excluding tert-OH is 1. The predicted molar refractivity (Wildman–Crippen MR) is 78.5 cm³/mol. The zero-order chi connectivity index (χ0) is 15.0. The number of ether oxygens (including phenoxy) is 3. The monoisotopic (exact) mass is 293 g/mol. The molecule has 0 saturated heterocycles. The second kappa shape index (κ2) is 5.48. The summed E-state index contributed by atoms with van der Waals surface area (Å²) in [5.74, 6) is 1.44. The maximum atomic E-state index is 10.3. The first-order chi connectivity index (χ1) is 10.0. The number of nitrogens with one attached hydrogen (secondary N) is 1. The van der Waals surface area contributed by atoms with E-state index in [4.69, 9.17) is 14.2 Å². The molecule has 1 saturated carbocycles. The Kier molecular flexibility index (Phi) is 3.82. The molecule has 2 aliphatic rings. The van der Waals surface area contributed by atoms with Crippen molar-refractivity contribution in [1.82, 2.24) is 5.32 Å². The summed E-state index contributed by atoms with van der Waals surface area (Å²) in [6, 6.07) is 5.93. The third-order valence-electron chi connectivity index (χ3n) is 4.80. The van der Waals surface area contributed by atoms with Crippen molar-refractivity contribution in [1.29, 1.82) is 0 Å². The highest BCUT2D eigenvalue weighted by molar-refractivity contribution is 5.45. The standard InChI is InChI=1S/C16H23NO4/c1-16(2)14(7-15(16)19-3)17-8-11(18)10-4-5-12-13(6-10)21-9-20-12/h4-6,11,14-15,17-18H,7-9H2,1-3H3. The number of methoxy groups -OCH3 is 1. The van der Waals surface area contributed by atoms with Gasteiger partial charge in [0, 0.05) is 25.1 Å². The Balaban J connectivity index is 1.56. The van der Waals surface area contributed by atoms with Crippen molar-refractivity contribution in [3.8, 4) is 11.5 Å². The Bertz CT molecular complexity index is 517. The van der Waals surface area contributed by atoms with Gasteiger partial charge in [-0.15, -0.1) is 0 Å². The SMILES string of the molecule is COC1CC(NCC(O)c2ccc3c(c2)OCO3)C1(C)C. The summed E-state index contributed by atoms with van der Waals surface area (Å²) < 4.78 is 16.1. The van der Waals surface area contributed by atoms with Crippen molar-refractivity contribution >= 4 is 0 Å². The Morgan fingerprint density at radius 3 is 2.86 bits per heavy atom. The zero-order valence-corrected chi connectivity index (χ0v) is 12.8. The number of hydrogen-bond acceptors (Lipinski definition) is 5. The van der Waals surface area contributed by atoms with Crippen LogP contribution >= 0.6 is 0 Å². The third kappa shape index (κ3) is 2.61. The van der Waals surface area contributed by atoms with Gasteiger partial charge in [-0.2, -0.15) is 0 Å². The molecule has 0 bridgehead atoms. The molecule has 1 heterocycles. The minimum Gasteiger partial charge on any atom is -0.454 e. The van der Waals surface area contributed by atoms with Crippen LogP contribution in [0.15, 0.2) is 18.2 Å². The fourth-order valence-electron chi connectivity index (χ4n) is 3.12. The summed E-state index contributed by atoms with van der Waals surface area (Å²) in [5.41, 5.74) is 0.941. The molecule has 2 N–H and O–H groups in total. The Hall–Kier alpha value is -1.30. The molecule has 1 aliphatic carbocycles. The average Bonchev–Trinajstić information content (AvgIpc) is 2.93. The van der Waals surface area contributed by atoms with Crippen molar-refractivity contribution in [3.05, 3.63) is 23.8 Å². The summed E-state index contributed by atoms with van der Waals surface area (Å²) in [4.78, 5) is 0. The molecule has 1 aromatic rings. The first-order valence-electron chi connectivity index (χ1n) is 7.36. The van der Waals surface area contributed by atoms with E-state index >= 15 is 0 Å². The van der Waals surface area contributed by atoms with Crippen LogP contribution in [0.5, 0.6) is 11.5 Å².